The zero-order valence-corrected chi connectivity index (χ0v) is 7.42. The molecule has 0 unspecified atom stereocenters. The average Bonchev–Trinajstić information content (AvgIpc) is 2.03. The lowest BCUT2D eigenvalue weighted by molar-refractivity contribution is 0.104. The van der Waals surface area contributed by atoms with E-state index in [1.807, 2.05) is 32.0 Å². The summed E-state index contributed by atoms with van der Waals surface area (Å²) in [6.45, 7) is 7.34. The van der Waals surface area contributed by atoms with Crippen molar-refractivity contribution >= 4 is 5.78 Å². The number of carbonyl (C=O) groups excluding carboxylic acids is 1. The van der Waals surface area contributed by atoms with Crippen LogP contribution in [0.5, 0.6) is 0 Å². The predicted molar refractivity (Wildman–Crippen MR) is 50.4 cm³/mol. The van der Waals surface area contributed by atoms with Gasteiger partial charge in [-0.05, 0) is 31.1 Å². The molecule has 0 atom stereocenters. The first-order valence-electron chi connectivity index (χ1n) is 3.90. The highest BCUT2D eigenvalue weighted by Gasteiger charge is 2.06. The minimum atomic E-state index is 0.00519. The molecule has 0 aromatic heterocycles. The highest BCUT2D eigenvalue weighted by atomic mass is 16.1. The van der Waals surface area contributed by atoms with Crippen LogP contribution in [-0.2, 0) is 0 Å². The molecular weight excluding hydrogens is 148 g/mol. The molecule has 0 aliphatic heterocycles. The van der Waals surface area contributed by atoms with Gasteiger partial charge in [0.2, 0.25) is 0 Å². The Balaban J connectivity index is 3.30. The number of ketones is 1. The zero-order chi connectivity index (χ0) is 9.14. The summed E-state index contributed by atoms with van der Waals surface area (Å²) in [5.74, 6) is 0.00519. The first kappa shape index (κ1) is 8.72. The summed E-state index contributed by atoms with van der Waals surface area (Å²) in [6.07, 6.45) is 1.36. The van der Waals surface area contributed by atoms with E-state index in [9.17, 15) is 4.79 Å². The van der Waals surface area contributed by atoms with Gasteiger partial charge in [0.05, 0.1) is 0 Å². The van der Waals surface area contributed by atoms with E-state index in [4.69, 9.17) is 0 Å². The minimum Gasteiger partial charge on any atom is -0.289 e. The van der Waals surface area contributed by atoms with Gasteiger partial charge >= 0.3 is 0 Å². The molecule has 0 amide bonds. The summed E-state index contributed by atoms with van der Waals surface area (Å²) in [5, 5.41) is 0. The first-order chi connectivity index (χ1) is 5.66. The number of hydrogen-bond donors (Lipinski definition) is 0. The van der Waals surface area contributed by atoms with E-state index in [1.165, 1.54) is 6.08 Å². The number of allylic oxidation sites excluding steroid dienone is 1. The number of hydrogen-bond acceptors (Lipinski definition) is 1. The van der Waals surface area contributed by atoms with Crippen molar-refractivity contribution in [3.63, 3.8) is 0 Å². The largest absolute Gasteiger partial charge is 0.289 e. The molecule has 0 heterocycles. The average molecular weight is 160 g/mol. The molecule has 0 radical (unpaired) electrons. The second-order valence-corrected chi connectivity index (χ2v) is 2.84. The van der Waals surface area contributed by atoms with E-state index in [0.717, 1.165) is 16.7 Å². The Morgan fingerprint density at radius 1 is 1.33 bits per heavy atom. The summed E-state index contributed by atoms with van der Waals surface area (Å²) in [6, 6.07) is 5.82. The molecule has 1 aromatic carbocycles. The fourth-order valence-electron chi connectivity index (χ4n) is 1.31. The Bertz CT molecular complexity index is 304. The lowest BCUT2D eigenvalue weighted by atomic mass is 9.99. The maximum atomic E-state index is 11.3. The van der Waals surface area contributed by atoms with Crippen LogP contribution < -0.4 is 0 Å². The van der Waals surface area contributed by atoms with Crippen LogP contribution >= 0.6 is 0 Å². The van der Waals surface area contributed by atoms with Gasteiger partial charge in [-0.1, -0.05) is 24.8 Å². The summed E-state index contributed by atoms with van der Waals surface area (Å²) in [5.41, 5.74) is 2.81. The molecule has 0 aliphatic carbocycles. The third-order valence-electron chi connectivity index (χ3n) is 1.91. The summed E-state index contributed by atoms with van der Waals surface area (Å²) >= 11 is 0. The summed E-state index contributed by atoms with van der Waals surface area (Å²) in [4.78, 5) is 11.3. The maximum Gasteiger partial charge on any atom is 0.185 e. The molecule has 1 nitrogen and oxygen atoms in total. The third kappa shape index (κ3) is 1.45. The van der Waals surface area contributed by atoms with Gasteiger partial charge in [-0.15, -0.1) is 0 Å². The van der Waals surface area contributed by atoms with Gasteiger partial charge < -0.3 is 0 Å². The van der Waals surface area contributed by atoms with E-state index >= 15 is 0 Å². The van der Waals surface area contributed by atoms with Crippen LogP contribution in [0.25, 0.3) is 0 Å². The zero-order valence-electron chi connectivity index (χ0n) is 7.42. The van der Waals surface area contributed by atoms with Crippen molar-refractivity contribution in [2.24, 2.45) is 0 Å². The van der Waals surface area contributed by atoms with Crippen molar-refractivity contribution in [3.8, 4) is 0 Å². The minimum absolute atomic E-state index is 0.00519. The van der Waals surface area contributed by atoms with Gasteiger partial charge in [0.15, 0.2) is 5.78 Å². The quantitative estimate of drug-likeness (QED) is 0.480. The molecule has 1 rings (SSSR count). The van der Waals surface area contributed by atoms with Gasteiger partial charge in [0, 0.05) is 5.56 Å². The lowest BCUT2D eigenvalue weighted by Crippen LogP contribution is -2.00. The smallest absolute Gasteiger partial charge is 0.185 e. The van der Waals surface area contributed by atoms with Crippen LogP contribution in [0.3, 0.4) is 0 Å². The highest BCUT2D eigenvalue weighted by Crippen LogP contribution is 2.13. The summed E-state index contributed by atoms with van der Waals surface area (Å²) in [7, 11) is 0. The Labute approximate surface area is 72.7 Å². The molecule has 0 N–H and O–H groups in total. The molecule has 0 saturated carbocycles. The number of rotatable bonds is 2. The van der Waals surface area contributed by atoms with Crippen LogP contribution in [0.2, 0.25) is 0 Å². The van der Waals surface area contributed by atoms with Crippen LogP contribution in [0.15, 0.2) is 30.9 Å². The normalized spacial score (nSPS) is 9.50. The molecule has 0 saturated heterocycles. The molecule has 0 fully saturated rings. The number of benzene rings is 1. The Kier molecular flexibility index (Phi) is 2.44. The van der Waals surface area contributed by atoms with Crippen LogP contribution in [-0.4, -0.2) is 5.78 Å². The van der Waals surface area contributed by atoms with Crippen molar-refractivity contribution in [1.82, 2.24) is 0 Å². The van der Waals surface area contributed by atoms with Crippen molar-refractivity contribution in [3.05, 3.63) is 47.5 Å². The van der Waals surface area contributed by atoms with E-state index in [1.54, 1.807) is 0 Å². The van der Waals surface area contributed by atoms with Gasteiger partial charge in [0.25, 0.3) is 0 Å². The Hall–Kier alpha value is -1.37. The second-order valence-electron chi connectivity index (χ2n) is 2.84. The molecule has 0 spiro atoms. The van der Waals surface area contributed by atoms with E-state index in [2.05, 4.69) is 6.58 Å². The van der Waals surface area contributed by atoms with E-state index < -0.39 is 0 Å². The van der Waals surface area contributed by atoms with Crippen molar-refractivity contribution in [1.29, 1.82) is 0 Å². The standard InChI is InChI=1S/C11H12O/c1-4-10(12)11-8(2)6-5-7-9(11)3/h4-7H,1H2,2-3H3. The molecular formula is C11H12O. The SMILES string of the molecule is C=CC(=O)c1c(C)cccc1C. The summed E-state index contributed by atoms with van der Waals surface area (Å²) < 4.78 is 0. The van der Waals surface area contributed by atoms with Gasteiger partial charge in [-0.25, -0.2) is 0 Å². The molecule has 12 heavy (non-hydrogen) atoms. The molecule has 1 aromatic rings. The molecule has 0 bridgehead atoms. The first-order valence-corrected chi connectivity index (χ1v) is 3.90. The van der Waals surface area contributed by atoms with Crippen molar-refractivity contribution in [2.45, 2.75) is 13.8 Å². The molecule has 0 aliphatic rings. The van der Waals surface area contributed by atoms with Crippen molar-refractivity contribution in [2.75, 3.05) is 0 Å². The number of carbonyl (C=O) groups is 1. The monoisotopic (exact) mass is 160 g/mol. The van der Waals surface area contributed by atoms with Crippen LogP contribution in [0, 0.1) is 13.8 Å². The Morgan fingerprint density at radius 3 is 2.25 bits per heavy atom. The van der Waals surface area contributed by atoms with Gasteiger partial charge in [-0.2, -0.15) is 0 Å². The van der Waals surface area contributed by atoms with Gasteiger partial charge in [-0.3, -0.25) is 4.79 Å². The van der Waals surface area contributed by atoms with Crippen LogP contribution in [0.4, 0.5) is 0 Å². The lowest BCUT2D eigenvalue weighted by Gasteiger charge is -2.04. The number of aryl methyl sites for hydroxylation is 2. The van der Waals surface area contributed by atoms with Crippen LogP contribution in [0.1, 0.15) is 21.5 Å². The fourth-order valence-corrected chi connectivity index (χ4v) is 1.31. The maximum absolute atomic E-state index is 11.3. The van der Waals surface area contributed by atoms with E-state index in [0.29, 0.717) is 0 Å². The Morgan fingerprint density at radius 2 is 1.83 bits per heavy atom. The molecule has 62 valence electrons. The van der Waals surface area contributed by atoms with Crippen molar-refractivity contribution < 1.29 is 4.79 Å². The van der Waals surface area contributed by atoms with Gasteiger partial charge in [0.1, 0.15) is 0 Å². The fraction of sp³-hybridized carbons (Fsp3) is 0.182. The topological polar surface area (TPSA) is 17.1 Å². The highest BCUT2D eigenvalue weighted by molar-refractivity contribution is 6.06. The van der Waals surface area contributed by atoms with E-state index in [-0.39, 0.29) is 5.78 Å². The predicted octanol–water partition coefficient (Wildman–Crippen LogP) is 2.67. The third-order valence-corrected chi connectivity index (χ3v) is 1.91. The molecule has 1 heteroatoms. The second kappa shape index (κ2) is 3.35.